The van der Waals surface area contributed by atoms with E-state index in [1.807, 2.05) is 0 Å². The molecule has 1 N–H and O–H groups in total. The van der Waals surface area contributed by atoms with Crippen molar-refractivity contribution in [3.63, 3.8) is 0 Å². The molecule has 1 aromatic carbocycles. The van der Waals surface area contributed by atoms with E-state index in [4.69, 9.17) is 5.11 Å². The summed E-state index contributed by atoms with van der Waals surface area (Å²) >= 11 is 0. The summed E-state index contributed by atoms with van der Waals surface area (Å²) in [5.41, 5.74) is 0.507. The van der Waals surface area contributed by atoms with Crippen LogP contribution in [0.15, 0.2) is 30.3 Å². The lowest BCUT2D eigenvalue weighted by atomic mass is 10.0. The molecule has 1 atom stereocenters. The Kier molecular flexibility index (Phi) is 2.80. The third-order valence-corrected chi connectivity index (χ3v) is 1.65. The average Bonchev–Trinajstić information content (AvgIpc) is 2.07. The molecular weight excluding hydrogens is 159 g/mol. The molecule has 0 unspecified atom stereocenters. The third-order valence-electron chi connectivity index (χ3n) is 1.65. The summed E-state index contributed by atoms with van der Waals surface area (Å²) < 4.78 is 12.2. The monoisotopic (exact) mass is 168 g/mol. The number of hydrogen-bond donors (Lipinski definition) is 1. The third kappa shape index (κ3) is 1.81. The van der Waals surface area contributed by atoms with Gasteiger partial charge in [0.15, 0.2) is 0 Å². The number of carboxylic acid groups (broad SMARTS) is 1. The number of carbonyl (C=O) groups is 1. The molecule has 0 spiro atoms. The average molecular weight is 168 g/mol. The number of rotatable bonds is 3. The molecule has 1 rings (SSSR count). The first-order valence-electron chi connectivity index (χ1n) is 3.59. The van der Waals surface area contributed by atoms with Gasteiger partial charge in [-0.05, 0) is 5.56 Å². The second-order valence-corrected chi connectivity index (χ2v) is 2.46. The van der Waals surface area contributed by atoms with Crippen molar-refractivity contribution in [3.8, 4) is 0 Å². The smallest absolute Gasteiger partial charge is 0.313 e. The van der Waals surface area contributed by atoms with Crippen LogP contribution in [0.3, 0.4) is 0 Å². The van der Waals surface area contributed by atoms with Crippen molar-refractivity contribution < 1.29 is 14.3 Å². The molecule has 0 aliphatic rings. The molecule has 0 amide bonds. The van der Waals surface area contributed by atoms with Crippen LogP contribution < -0.4 is 0 Å². The Balaban J connectivity index is 2.88. The standard InChI is InChI=1S/C9H9FO2/c10-6-8(9(11)12)7-4-2-1-3-5-7/h1-5,8H,6H2,(H,11,12)/t8-/m0/s1. The van der Waals surface area contributed by atoms with Crippen LogP contribution in [0.1, 0.15) is 11.5 Å². The lowest BCUT2D eigenvalue weighted by Crippen LogP contribution is -2.13. The number of carboxylic acids is 1. The normalized spacial score (nSPS) is 12.4. The maximum atomic E-state index is 12.2. The highest BCUT2D eigenvalue weighted by Gasteiger charge is 2.18. The van der Waals surface area contributed by atoms with Crippen molar-refractivity contribution in [1.82, 2.24) is 0 Å². The summed E-state index contributed by atoms with van der Waals surface area (Å²) in [4.78, 5) is 10.5. The van der Waals surface area contributed by atoms with E-state index < -0.39 is 18.6 Å². The molecule has 2 nitrogen and oxygen atoms in total. The number of alkyl halides is 1. The van der Waals surface area contributed by atoms with Gasteiger partial charge in [0.2, 0.25) is 0 Å². The zero-order valence-electron chi connectivity index (χ0n) is 6.40. The SMILES string of the molecule is O=C(O)[C@@H](CF)c1ccccc1. The highest BCUT2D eigenvalue weighted by Crippen LogP contribution is 2.15. The van der Waals surface area contributed by atoms with Gasteiger partial charge < -0.3 is 5.11 Å². The molecular formula is C9H9FO2. The zero-order chi connectivity index (χ0) is 8.97. The Hall–Kier alpha value is -1.38. The Bertz CT molecular complexity index is 258. The van der Waals surface area contributed by atoms with Gasteiger partial charge >= 0.3 is 5.97 Å². The Morgan fingerprint density at radius 3 is 2.42 bits per heavy atom. The lowest BCUT2D eigenvalue weighted by molar-refractivity contribution is -0.139. The summed E-state index contributed by atoms with van der Waals surface area (Å²) in [6.45, 7) is -0.862. The Morgan fingerprint density at radius 1 is 1.42 bits per heavy atom. The minimum Gasteiger partial charge on any atom is -0.481 e. The van der Waals surface area contributed by atoms with Gasteiger partial charge in [-0.25, -0.2) is 4.39 Å². The fourth-order valence-corrected chi connectivity index (χ4v) is 0.983. The molecule has 12 heavy (non-hydrogen) atoms. The van der Waals surface area contributed by atoms with Gasteiger partial charge in [-0.3, -0.25) is 4.79 Å². The van der Waals surface area contributed by atoms with Gasteiger partial charge in [-0.1, -0.05) is 30.3 Å². The van der Waals surface area contributed by atoms with E-state index in [9.17, 15) is 9.18 Å². The van der Waals surface area contributed by atoms with E-state index in [0.717, 1.165) is 0 Å². The highest BCUT2D eigenvalue weighted by molar-refractivity contribution is 5.76. The van der Waals surface area contributed by atoms with Gasteiger partial charge in [0.25, 0.3) is 0 Å². The van der Waals surface area contributed by atoms with Crippen molar-refractivity contribution in [2.45, 2.75) is 5.92 Å². The summed E-state index contributed by atoms with van der Waals surface area (Å²) in [7, 11) is 0. The van der Waals surface area contributed by atoms with Gasteiger partial charge in [0, 0.05) is 0 Å². The Morgan fingerprint density at radius 2 is 2.00 bits per heavy atom. The van der Waals surface area contributed by atoms with Gasteiger partial charge in [0.05, 0.1) is 0 Å². The predicted octanol–water partition coefficient (Wildman–Crippen LogP) is 1.82. The molecule has 64 valence electrons. The maximum absolute atomic E-state index is 12.2. The van der Waals surface area contributed by atoms with Crippen LogP contribution in [-0.2, 0) is 4.79 Å². The van der Waals surface area contributed by atoms with Crippen LogP contribution in [0.5, 0.6) is 0 Å². The maximum Gasteiger partial charge on any atom is 0.313 e. The fraction of sp³-hybridized carbons (Fsp3) is 0.222. The first kappa shape index (κ1) is 8.71. The number of hydrogen-bond acceptors (Lipinski definition) is 1. The number of halogens is 1. The fourth-order valence-electron chi connectivity index (χ4n) is 0.983. The second kappa shape index (κ2) is 3.85. The molecule has 0 fully saturated rings. The summed E-state index contributed by atoms with van der Waals surface area (Å²) in [6.07, 6.45) is 0. The first-order valence-corrected chi connectivity index (χ1v) is 3.59. The van der Waals surface area contributed by atoms with E-state index in [1.54, 1.807) is 30.3 Å². The van der Waals surface area contributed by atoms with E-state index in [0.29, 0.717) is 5.56 Å². The number of aliphatic carboxylic acids is 1. The second-order valence-electron chi connectivity index (χ2n) is 2.46. The molecule has 0 heterocycles. The van der Waals surface area contributed by atoms with Crippen LogP contribution in [-0.4, -0.2) is 17.8 Å². The molecule has 0 aliphatic carbocycles. The molecule has 0 saturated carbocycles. The minimum absolute atomic E-state index is 0.507. The molecule has 0 aliphatic heterocycles. The summed E-state index contributed by atoms with van der Waals surface area (Å²) in [5, 5.41) is 8.59. The van der Waals surface area contributed by atoms with E-state index >= 15 is 0 Å². The Labute approximate surface area is 69.6 Å². The largest absolute Gasteiger partial charge is 0.481 e. The minimum atomic E-state index is -1.12. The van der Waals surface area contributed by atoms with Crippen molar-refractivity contribution in [3.05, 3.63) is 35.9 Å². The molecule has 0 saturated heterocycles. The van der Waals surface area contributed by atoms with E-state index in [1.165, 1.54) is 0 Å². The molecule has 3 heteroatoms. The topological polar surface area (TPSA) is 37.3 Å². The van der Waals surface area contributed by atoms with Crippen molar-refractivity contribution in [2.24, 2.45) is 0 Å². The molecule has 0 bridgehead atoms. The van der Waals surface area contributed by atoms with Crippen LogP contribution in [0.4, 0.5) is 4.39 Å². The van der Waals surface area contributed by atoms with Crippen LogP contribution in [0, 0.1) is 0 Å². The van der Waals surface area contributed by atoms with Crippen LogP contribution >= 0.6 is 0 Å². The van der Waals surface area contributed by atoms with E-state index in [2.05, 4.69) is 0 Å². The quantitative estimate of drug-likeness (QED) is 0.747. The van der Waals surface area contributed by atoms with Gasteiger partial charge in [-0.15, -0.1) is 0 Å². The molecule has 0 aromatic heterocycles. The highest BCUT2D eigenvalue weighted by atomic mass is 19.1. The van der Waals surface area contributed by atoms with Crippen molar-refractivity contribution >= 4 is 5.97 Å². The first-order chi connectivity index (χ1) is 5.75. The van der Waals surface area contributed by atoms with Crippen molar-refractivity contribution in [2.75, 3.05) is 6.67 Å². The molecule has 1 aromatic rings. The lowest BCUT2D eigenvalue weighted by Gasteiger charge is -2.06. The predicted molar refractivity (Wildman–Crippen MR) is 42.8 cm³/mol. The van der Waals surface area contributed by atoms with Crippen LogP contribution in [0.25, 0.3) is 0 Å². The van der Waals surface area contributed by atoms with Crippen LogP contribution in [0.2, 0.25) is 0 Å². The van der Waals surface area contributed by atoms with E-state index in [-0.39, 0.29) is 0 Å². The zero-order valence-corrected chi connectivity index (χ0v) is 6.40. The van der Waals surface area contributed by atoms with Gasteiger partial charge in [0.1, 0.15) is 12.6 Å². The number of benzene rings is 1. The summed E-state index contributed by atoms with van der Waals surface area (Å²) in [5.74, 6) is -2.14. The summed E-state index contributed by atoms with van der Waals surface area (Å²) in [6, 6.07) is 8.37. The van der Waals surface area contributed by atoms with Crippen molar-refractivity contribution in [1.29, 1.82) is 0 Å². The van der Waals surface area contributed by atoms with Gasteiger partial charge in [-0.2, -0.15) is 0 Å². The molecule has 0 radical (unpaired) electrons.